The van der Waals surface area contributed by atoms with Crippen molar-refractivity contribution < 1.29 is 14.7 Å². The maximum absolute atomic E-state index is 11.0. The Labute approximate surface area is 154 Å². The van der Waals surface area contributed by atoms with E-state index >= 15 is 0 Å². The van der Waals surface area contributed by atoms with Crippen molar-refractivity contribution in [3.63, 3.8) is 0 Å². The molecule has 0 aliphatic carbocycles. The summed E-state index contributed by atoms with van der Waals surface area (Å²) < 4.78 is 0. The van der Waals surface area contributed by atoms with Gasteiger partial charge in [-0.1, -0.05) is 96.8 Å². The van der Waals surface area contributed by atoms with Crippen LogP contribution >= 0.6 is 12.6 Å². The summed E-state index contributed by atoms with van der Waals surface area (Å²) in [4.78, 5) is 21.9. The molecule has 0 aromatic rings. The largest absolute Gasteiger partial charge is 0.481 e. The molecule has 0 saturated heterocycles. The summed E-state index contributed by atoms with van der Waals surface area (Å²) in [5, 5.41) is 8.71. The molecule has 0 aliphatic heterocycles. The summed E-state index contributed by atoms with van der Waals surface area (Å²) in [5.41, 5.74) is 0. The summed E-state index contributed by atoms with van der Waals surface area (Å²) in [6.07, 6.45) is 18.7. The fourth-order valence-electron chi connectivity index (χ4n) is 3.11. The number of carbonyl (C=O) groups is 2. The van der Waals surface area contributed by atoms with Crippen LogP contribution in [-0.4, -0.2) is 16.2 Å². The molecule has 0 amide bonds. The maximum atomic E-state index is 11.0. The first-order valence-corrected chi connectivity index (χ1v) is 10.5. The number of unbranched alkanes of at least 4 members (excludes halogenated alkanes) is 13. The van der Waals surface area contributed by atoms with Crippen LogP contribution in [0.1, 0.15) is 110 Å². The van der Waals surface area contributed by atoms with Gasteiger partial charge in [0.25, 0.3) is 0 Å². The molecular formula is C20H38O3S. The third-order valence-corrected chi connectivity index (χ3v) is 4.86. The topological polar surface area (TPSA) is 54.4 Å². The lowest BCUT2D eigenvalue weighted by Gasteiger charge is -2.09. The van der Waals surface area contributed by atoms with E-state index in [0.29, 0.717) is 6.42 Å². The van der Waals surface area contributed by atoms with E-state index in [1.807, 2.05) is 0 Å². The van der Waals surface area contributed by atoms with Crippen molar-refractivity contribution in [3.05, 3.63) is 0 Å². The monoisotopic (exact) mass is 358 g/mol. The number of thiol groups is 1. The van der Waals surface area contributed by atoms with Crippen LogP contribution in [0.4, 0.5) is 0 Å². The van der Waals surface area contributed by atoms with Crippen molar-refractivity contribution in [2.24, 2.45) is 5.92 Å². The van der Waals surface area contributed by atoms with Crippen molar-refractivity contribution >= 4 is 23.7 Å². The molecule has 24 heavy (non-hydrogen) atoms. The number of rotatable bonds is 18. The standard InChI is InChI=1S/C20H38O3S/c1-2-3-4-5-6-7-8-9-10-11-12-13-14-15-16-18(20(22)23)17-19(21)24/h18H,2-17H2,1H3,(H,21,24)(H,22,23). The van der Waals surface area contributed by atoms with Gasteiger partial charge in [0, 0.05) is 6.42 Å². The summed E-state index contributed by atoms with van der Waals surface area (Å²) in [5.74, 6) is -1.42. The Morgan fingerprint density at radius 3 is 1.46 bits per heavy atom. The third kappa shape index (κ3) is 16.4. The molecule has 1 unspecified atom stereocenters. The lowest BCUT2D eigenvalue weighted by Crippen LogP contribution is -2.16. The van der Waals surface area contributed by atoms with Gasteiger partial charge in [0.05, 0.1) is 5.92 Å². The molecular weight excluding hydrogens is 320 g/mol. The number of aliphatic carboxylic acids is 1. The first kappa shape index (κ1) is 23.5. The Hall–Kier alpha value is -0.510. The molecule has 1 atom stereocenters. The van der Waals surface area contributed by atoms with E-state index < -0.39 is 11.9 Å². The Morgan fingerprint density at radius 2 is 1.12 bits per heavy atom. The molecule has 0 aromatic heterocycles. The van der Waals surface area contributed by atoms with Crippen LogP contribution in [0, 0.1) is 5.92 Å². The highest BCUT2D eigenvalue weighted by Gasteiger charge is 2.18. The molecule has 1 N–H and O–H groups in total. The lowest BCUT2D eigenvalue weighted by molar-refractivity contribution is -0.143. The first-order valence-electron chi connectivity index (χ1n) is 10.0. The zero-order valence-electron chi connectivity index (χ0n) is 15.6. The van der Waals surface area contributed by atoms with Gasteiger partial charge < -0.3 is 5.11 Å². The average Bonchev–Trinajstić information content (AvgIpc) is 2.53. The molecule has 0 bridgehead atoms. The fraction of sp³-hybridized carbons (Fsp3) is 0.900. The molecule has 0 aromatic carbocycles. The van der Waals surface area contributed by atoms with Crippen molar-refractivity contribution in [1.82, 2.24) is 0 Å². The second kappa shape index (κ2) is 17.3. The lowest BCUT2D eigenvalue weighted by atomic mass is 9.97. The molecule has 0 aliphatic rings. The number of carbonyl (C=O) groups excluding carboxylic acids is 1. The second-order valence-corrected chi connectivity index (χ2v) is 7.52. The van der Waals surface area contributed by atoms with Gasteiger partial charge in [0.15, 0.2) is 5.12 Å². The van der Waals surface area contributed by atoms with Crippen LogP contribution in [0.2, 0.25) is 0 Å². The predicted molar refractivity (Wildman–Crippen MR) is 105 cm³/mol. The van der Waals surface area contributed by atoms with E-state index in [2.05, 4.69) is 19.6 Å². The minimum Gasteiger partial charge on any atom is -0.481 e. The third-order valence-electron chi connectivity index (χ3n) is 4.68. The van der Waals surface area contributed by atoms with E-state index in [0.717, 1.165) is 12.8 Å². The number of carboxylic acid groups (broad SMARTS) is 1. The summed E-state index contributed by atoms with van der Waals surface area (Å²) in [6, 6.07) is 0. The molecule has 0 spiro atoms. The van der Waals surface area contributed by atoms with Gasteiger partial charge in [-0.05, 0) is 6.42 Å². The van der Waals surface area contributed by atoms with Crippen molar-refractivity contribution in [2.45, 2.75) is 110 Å². The van der Waals surface area contributed by atoms with Gasteiger partial charge in [-0.3, -0.25) is 9.59 Å². The van der Waals surface area contributed by atoms with E-state index in [4.69, 9.17) is 5.11 Å². The average molecular weight is 359 g/mol. The summed E-state index contributed by atoms with van der Waals surface area (Å²) in [7, 11) is 0. The fourth-order valence-corrected chi connectivity index (χ4v) is 3.33. The van der Waals surface area contributed by atoms with Gasteiger partial charge in [0.2, 0.25) is 0 Å². The highest BCUT2D eigenvalue weighted by atomic mass is 32.1. The summed E-state index contributed by atoms with van der Waals surface area (Å²) >= 11 is 3.68. The molecule has 4 heteroatoms. The molecule has 0 heterocycles. The minimum absolute atomic E-state index is 0.0525. The van der Waals surface area contributed by atoms with Crippen LogP contribution in [0.25, 0.3) is 0 Å². The molecule has 0 fully saturated rings. The van der Waals surface area contributed by atoms with Gasteiger partial charge in [0.1, 0.15) is 0 Å². The van der Waals surface area contributed by atoms with Crippen LogP contribution in [0.15, 0.2) is 0 Å². The molecule has 0 radical (unpaired) electrons. The Morgan fingerprint density at radius 1 is 0.750 bits per heavy atom. The smallest absolute Gasteiger partial charge is 0.306 e. The highest BCUT2D eigenvalue weighted by Crippen LogP contribution is 2.17. The van der Waals surface area contributed by atoms with E-state index in [-0.39, 0.29) is 11.5 Å². The number of carboxylic acids is 1. The van der Waals surface area contributed by atoms with Crippen molar-refractivity contribution in [1.29, 1.82) is 0 Å². The molecule has 142 valence electrons. The normalized spacial score (nSPS) is 12.2. The van der Waals surface area contributed by atoms with E-state index in [1.165, 1.54) is 77.0 Å². The zero-order chi connectivity index (χ0) is 18.0. The number of hydrogen-bond donors (Lipinski definition) is 2. The van der Waals surface area contributed by atoms with Crippen molar-refractivity contribution in [2.75, 3.05) is 0 Å². The van der Waals surface area contributed by atoms with E-state index in [1.54, 1.807) is 0 Å². The van der Waals surface area contributed by atoms with Crippen LogP contribution in [0.3, 0.4) is 0 Å². The van der Waals surface area contributed by atoms with Crippen LogP contribution in [-0.2, 0) is 9.59 Å². The highest BCUT2D eigenvalue weighted by molar-refractivity contribution is 7.96. The van der Waals surface area contributed by atoms with E-state index in [9.17, 15) is 9.59 Å². The first-order chi connectivity index (χ1) is 11.6. The summed E-state index contributed by atoms with van der Waals surface area (Å²) in [6.45, 7) is 2.26. The van der Waals surface area contributed by atoms with Gasteiger partial charge >= 0.3 is 5.97 Å². The quantitative estimate of drug-likeness (QED) is 0.220. The Balaban J connectivity index is 3.30. The molecule has 3 nitrogen and oxygen atoms in total. The Bertz CT molecular complexity index is 318. The Kier molecular flexibility index (Phi) is 16.9. The number of hydrogen-bond acceptors (Lipinski definition) is 2. The molecule has 0 rings (SSSR count). The van der Waals surface area contributed by atoms with Gasteiger partial charge in [-0.2, -0.15) is 0 Å². The second-order valence-electron chi connectivity index (χ2n) is 7.02. The van der Waals surface area contributed by atoms with Gasteiger partial charge in [-0.15, -0.1) is 12.6 Å². The minimum atomic E-state index is -0.868. The van der Waals surface area contributed by atoms with Crippen molar-refractivity contribution in [3.8, 4) is 0 Å². The zero-order valence-corrected chi connectivity index (χ0v) is 16.5. The SMILES string of the molecule is CCCCCCCCCCCCCCCCC(CC(=O)S)C(=O)O. The van der Waals surface area contributed by atoms with Crippen LogP contribution in [0.5, 0.6) is 0 Å². The van der Waals surface area contributed by atoms with Crippen LogP contribution < -0.4 is 0 Å². The molecule has 0 saturated carbocycles. The maximum Gasteiger partial charge on any atom is 0.306 e. The predicted octanol–water partition coefficient (Wildman–Crippen LogP) is 6.41. The van der Waals surface area contributed by atoms with Gasteiger partial charge in [-0.25, -0.2) is 0 Å².